The van der Waals surface area contributed by atoms with E-state index in [0.717, 1.165) is 6.07 Å². The van der Waals surface area contributed by atoms with E-state index in [1.54, 1.807) is 0 Å². The summed E-state index contributed by atoms with van der Waals surface area (Å²) in [5.74, 6) is -2.04. The van der Waals surface area contributed by atoms with Crippen LogP contribution in [-0.2, 0) is 0 Å². The Kier molecular flexibility index (Phi) is 3.42. The third kappa shape index (κ3) is 2.52. The molecule has 13 heavy (non-hydrogen) atoms. The first kappa shape index (κ1) is 10.2. The Morgan fingerprint density at radius 1 is 1.46 bits per heavy atom. The lowest BCUT2D eigenvalue weighted by atomic mass is 10.3. The van der Waals surface area contributed by atoms with Crippen molar-refractivity contribution in [1.29, 1.82) is 0 Å². The average Bonchev–Trinajstić information content (AvgIpc) is 2.09. The lowest BCUT2D eigenvalue weighted by Gasteiger charge is -2.05. The summed E-state index contributed by atoms with van der Waals surface area (Å²) in [5, 5.41) is 0. The van der Waals surface area contributed by atoms with Gasteiger partial charge in [0.2, 0.25) is 5.82 Å². The maximum Gasteiger partial charge on any atom is 0.200 e. The van der Waals surface area contributed by atoms with Crippen molar-refractivity contribution in [3.05, 3.63) is 40.9 Å². The minimum atomic E-state index is -0.981. The van der Waals surface area contributed by atoms with Gasteiger partial charge in [-0.25, -0.2) is 4.39 Å². The Hall–Kier alpha value is -0.900. The molecule has 0 fully saturated rings. The molecule has 0 aliphatic carbocycles. The van der Waals surface area contributed by atoms with Gasteiger partial charge in [-0.2, -0.15) is 4.39 Å². The molecule has 0 atom stereocenters. The second kappa shape index (κ2) is 4.37. The number of benzene rings is 1. The Bertz CT molecular complexity index is 326. The fourth-order valence-corrected chi connectivity index (χ4v) is 1.20. The van der Waals surface area contributed by atoms with Crippen LogP contribution in [0.1, 0.15) is 0 Å². The molecule has 1 nitrogen and oxygen atoms in total. The molecule has 1 aromatic carbocycles. The van der Waals surface area contributed by atoms with Crippen LogP contribution in [0.5, 0.6) is 5.75 Å². The van der Waals surface area contributed by atoms with Gasteiger partial charge in [0.1, 0.15) is 6.61 Å². The molecule has 0 amide bonds. The van der Waals surface area contributed by atoms with E-state index in [4.69, 9.17) is 4.74 Å². The normalized spacial score (nSPS) is 9.77. The lowest BCUT2D eigenvalue weighted by molar-refractivity contribution is 0.332. The van der Waals surface area contributed by atoms with Gasteiger partial charge in [-0.1, -0.05) is 28.6 Å². The highest BCUT2D eigenvalue weighted by atomic mass is 79.9. The molecular formula is C9H7BrF2O. The summed E-state index contributed by atoms with van der Waals surface area (Å²) in [6.45, 7) is 3.54. The van der Waals surface area contributed by atoms with Gasteiger partial charge < -0.3 is 4.74 Å². The first-order valence-electron chi connectivity index (χ1n) is 3.53. The SMILES string of the molecule is C=CCOc1cc(Br)cc(F)c1F. The van der Waals surface area contributed by atoms with E-state index in [0.29, 0.717) is 4.47 Å². The van der Waals surface area contributed by atoms with Gasteiger partial charge in [0.15, 0.2) is 11.6 Å². The molecule has 0 aliphatic heterocycles. The van der Waals surface area contributed by atoms with Crippen molar-refractivity contribution in [1.82, 2.24) is 0 Å². The zero-order chi connectivity index (χ0) is 9.84. The largest absolute Gasteiger partial charge is 0.486 e. The summed E-state index contributed by atoms with van der Waals surface area (Å²) < 4.78 is 31.0. The van der Waals surface area contributed by atoms with Gasteiger partial charge in [0.05, 0.1) is 0 Å². The summed E-state index contributed by atoms with van der Waals surface area (Å²) in [7, 11) is 0. The maximum atomic E-state index is 12.9. The van der Waals surface area contributed by atoms with E-state index in [1.165, 1.54) is 12.1 Å². The molecule has 0 heterocycles. The summed E-state index contributed by atoms with van der Waals surface area (Å²) in [6, 6.07) is 2.40. The fraction of sp³-hybridized carbons (Fsp3) is 0.111. The Labute approximate surface area is 83.1 Å². The number of hydrogen-bond acceptors (Lipinski definition) is 1. The fourth-order valence-electron chi connectivity index (χ4n) is 0.786. The van der Waals surface area contributed by atoms with Crippen LogP contribution in [0.2, 0.25) is 0 Å². The van der Waals surface area contributed by atoms with Gasteiger partial charge in [-0.15, -0.1) is 0 Å². The van der Waals surface area contributed by atoms with Crippen LogP contribution in [0, 0.1) is 11.6 Å². The molecule has 70 valence electrons. The van der Waals surface area contributed by atoms with Crippen molar-refractivity contribution in [3.8, 4) is 5.75 Å². The molecule has 0 bridgehead atoms. The van der Waals surface area contributed by atoms with E-state index in [1.807, 2.05) is 0 Å². The number of rotatable bonds is 3. The standard InChI is InChI=1S/C9H7BrF2O/c1-2-3-13-8-5-6(10)4-7(11)9(8)12/h2,4-5H,1,3H2. The molecule has 0 saturated heterocycles. The predicted molar refractivity (Wildman–Crippen MR) is 49.8 cm³/mol. The lowest BCUT2D eigenvalue weighted by Crippen LogP contribution is -1.97. The summed E-state index contributed by atoms with van der Waals surface area (Å²) in [4.78, 5) is 0. The Balaban J connectivity index is 2.98. The highest BCUT2D eigenvalue weighted by Gasteiger charge is 2.10. The van der Waals surface area contributed by atoms with Crippen molar-refractivity contribution in [3.63, 3.8) is 0 Å². The van der Waals surface area contributed by atoms with E-state index >= 15 is 0 Å². The molecule has 0 N–H and O–H groups in total. The second-order valence-corrected chi connectivity index (χ2v) is 3.22. The zero-order valence-electron chi connectivity index (χ0n) is 6.69. The smallest absolute Gasteiger partial charge is 0.200 e. The summed E-state index contributed by atoms with van der Waals surface area (Å²) in [5.41, 5.74) is 0. The van der Waals surface area contributed by atoms with Crippen molar-refractivity contribution >= 4 is 15.9 Å². The molecule has 1 rings (SSSR count). The van der Waals surface area contributed by atoms with Crippen LogP contribution in [-0.4, -0.2) is 6.61 Å². The van der Waals surface area contributed by atoms with Gasteiger partial charge in [-0.05, 0) is 12.1 Å². The van der Waals surface area contributed by atoms with Crippen molar-refractivity contribution < 1.29 is 13.5 Å². The summed E-state index contributed by atoms with van der Waals surface area (Å²) >= 11 is 3.03. The molecule has 0 saturated carbocycles. The van der Waals surface area contributed by atoms with Crippen LogP contribution in [0.25, 0.3) is 0 Å². The minimum absolute atomic E-state index is 0.119. The number of hydrogen-bond donors (Lipinski definition) is 0. The van der Waals surface area contributed by atoms with Crippen LogP contribution in [0.15, 0.2) is 29.3 Å². The average molecular weight is 249 g/mol. The van der Waals surface area contributed by atoms with Gasteiger partial charge in [0, 0.05) is 4.47 Å². The van der Waals surface area contributed by atoms with Gasteiger partial charge in [0.25, 0.3) is 0 Å². The third-order valence-corrected chi connectivity index (χ3v) is 1.77. The molecule has 0 unspecified atom stereocenters. The molecule has 0 radical (unpaired) electrons. The number of halogens is 3. The van der Waals surface area contributed by atoms with Crippen molar-refractivity contribution in [2.45, 2.75) is 0 Å². The second-order valence-electron chi connectivity index (χ2n) is 2.30. The highest BCUT2D eigenvalue weighted by molar-refractivity contribution is 9.10. The van der Waals surface area contributed by atoms with Crippen LogP contribution in [0.4, 0.5) is 8.78 Å². The first-order chi connectivity index (χ1) is 6.15. The van der Waals surface area contributed by atoms with E-state index in [-0.39, 0.29) is 12.4 Å². The highest BCUT2D eigenvalue weighted by Crippen LogP contribution is 2.25. The summed E-state index contributed by atoms with van der Waals surface area (Å²) in [6.07, 6.45) is 1.46. The molecule has 0 aliphatic rings. The molecule has 0 spiro atoms. The molecular weight excluding hydrogens is 242 g/mol. The van der Waals surface area contributed by atoms with Crippen LogP contribution < -0.4 is 4.74 Å². The molecule has 0 aromatic heterocycles. The monoisotopic (exact) mass is 248 g/mol. The van der Waals surface area contributed by atoms with Crippen molar-refractivity contribution in [2.24, 2.45) is 0 Å². The van der Waals surface area contributed by atoms with Gasteiger partial charge >= 0.3 is 0 Å². The zero-order valence-corrected chi connectivity index (χ0v) is 8.27. The van der Waals surface area contributed by atoms with Crippen LogP contribution >= 0.6 is 15.9 Å². The third-order valence-electron chi connectivity index (χ3n) is 1.32. The van der Waals surface area contributed by atoms with E-state index < -0.39 is 11.6 Å². The molecule has 1 aromatic rings. The Morgan fingerprint density at radius 3 is 2.77 bits per heavy atom. The number of ether oxygens (including phenoxy) is 1. The minimum Gasteiger partial charge on any atom is -0.486 e. The topological polar surface area (TPSA) is 9.23 Å². The molecule has 4 heteroatoms. The van der Waals surface area contributed by atoms with Gasteiger partial charge in [-0.3, -0.25) is 0 Å². The van der Waals surface area contributed by atoms with Crippen molar-refractivity contribution in [2.75, 3.05) is 6.61 Å². The van der Waals surface area contributed by atoms with E-state index in [9.17, 15) is 8.78 Å². The Morgan fingerprint density at radius 2 is 2.15 bits per heavy atom. The predicted octanol–water partition coefficient (Wildman–Crippen LogP) is 3.29. The maximum absolute atomic E-state index is 12.9. The first-order valence-corrected chi connectivity index (χ1v) is 4.32. The van der Waals surface area contributed by atoms with E-state index in [2.05, 4.69) is 22.5 Å². The quantitative estimate of drug-likeness (QED) is 0.590. The van der Waals surface area contributed by atoms with Crippen LogP contribution in [0.3, 0.4) is 0 Å².